The van der Waals surface area contributed by atoms with Crippen molar-refractivity contribution < 1.29 is 9.21 Å². The molecular formula is C21H23N5O3S. The number of aromatic nitrogens is 3. The summed E-state index contributed by atoms with van der Waals surface area (Å²) in [7, 11) is 0. The van der Waals surface area contributed by atoms with Gasteiger partial charge in [-0.15, -0.1) is 5.10 Å². The number of hydrogen-bond acceptors (Lipinski definition) is 6. The first kappa shape index (κ1) is 20.2. The van der Waals surface area contributed by atoms with E-state index in [1.165, 1.54) is 22.3 Å². The van der Waals surface area contributed by atoms with E-state index in [1.54, 1.807) is 10.8 Å². The van der Waals surface area contributed by atoms with E-state index in [-0.39, 0.29) is 23.4 Å². The zero-order valence-corrected chi connectivity index (χ0v) is 17.7. The molecule has 9 heteroatoms. The van der Waals surface area contributed by atoms with Crippen molar-refractivity contribution in [3.63, 3.8) is 0 Å². The van der Waals surface area contributed by atoms with Gasteiger partial charge in [0.2, 0.25) is 0 Å². The fourth-order valence-electron chi connectivity index (χ4n) is 3.39. The number of rotatable bonds is 7. The molecule has 1 N–H and O–H groups in total. The topological polar surface area (TPSA) is 96.5 Å². The largest absolute Gasteiger partial charge is 0.467 e. The molecule has 4 rings (SSSR count). The zero-order valence-electron chi connectivity index (χ0n) is 16.9. The van der Waals surface area contributed by atoms with Gasteiger partial charge in [-0.1, -0.05) is 48.5 Å². The minimum Gasteiger partial charge on any atom is -0.467 e. The van der Waals surface area contributed by atoms with Crippen LogP contribution >= 0.6 is 11.8 Å². The minimum atomic E-state index is -0.290. The number of amides is 1. The fourth-order valence-corrected chi connectivity index (χ4v) is 4.21. The molecule has 0 bridgehead atoms. The van der Waals surface area contributed by atoms with Gasteiger partial charge in [0.1, 0.15) is 11.8 Å². The first-order valence-corrected chi connectivity index (χ1v) is 10.8. The van der Waals surface area contributed by atoms with E-state index in [4.69, 9.17) is 4.42 Å². The highest BCUT2D eigenvalue weighted by molar-refractivity contribution is 7.99. The molecule has 156 valence electrons. The van der Waals surface area contributed by atoms with Gasteiger partial charge in [-0.3, -0.25) is 9.36 Å². The molecule has 0 radical (unpaired) electrons. The molecule has 1 aromatic carbocycles. The summed E-state index contributed by atoms with van der Waals surface area (Å²) < 4.78 is 7.13. The second-order valence-corrected chi connectivity index (χ2v) is 8.08. The van der Waals surface area contributed by atoms with Crippen LogP contribution in [0.4, 0.5) is 0 Å². The van der Waals surface area contributed by atoms with Crippen molar-refractivity contribution in [2.24, 2.45) is 5.10 Å². The van der Waals surface area contributed by atoms with E-state index in [2.05, 4.69) is 15.3 Å². The summed E-state index contributed by atoms with van der Waals surface area (Å²) in [5.41, 5.74) is 2.74. The standard InChI is InChI=1S/C21H23N5O3S/c1-3-10-25-20(28)22-23-21(25)30-13-19(27)26-17(18-5-4-11-29-18)12-16(24-26)15-8-6-14(2)7-9-15/h4-9,11,17H,3,10,12-13H2,1-2H3,(H,22,28). The van der Waals surface area contributed by atoms with Crippen molar-refractivity contribution in [1.82, 2.24) is 19.8 Å². The molecule has 1 unspecified atom stereocenters. The van der Waals surface area contributed by atoms with E-state index in [0.717, 1.165) is 17.7 Å². The van der Waals surface area contributed by atoms with Gasteiger partial charge in [0, 0.05) is 13.0 Å². The maximum atomic E-state index is 13.1. The Bertz CT molecular complexity index is 1100. The molecule has 0 fully saturated rings. The number of hydrogen-bond donors (Lipinski definition) is 1. The summed E-state index contributed by atoms with van der Waals surface area (Å²) in [4.78, 5) is 24.9. The van der Waals surface area contributed by atoms with Crippen LogP contribution in [0.2, 0.25) is 0 Å². The van der Waals surface area contributed by atoms with E-state index in [0.29, 0.717) is 23.9 Å². The normalized spacial score (nSPS) is 16.1. The average molecular weight is 426 g/mol. The van der Waals surface area contributed by atoms with Gasteiger partial charge in [-0.05, 0) is 31.0 Å². The maximum Gasteiger partial charge on any atom is 0.343 e. The second kappa shape index (κ2) is 8.74. The zero-order chi connectivity index (χ0) is 21.1. The highest BCUT2D eigenvalue weighted by atomic mass is 32.2. The van der Waals surface area contributed by atoms with Crippen molar-refractivity contribution in [3.8, 4) is 0 Å². The highest BCUT2D eigenvalue weighted by Crippen LogP contribution is 2.33. The Morgan fingerprint density at radius 3 is 2.80 bits per heavy atom. The molecule has 1 aliphatic rings. The number of carbonyl (C=O) groups excluding carboxylic acids is 1. The van der Waals surface area contributed by atoms with Crippen LogP contribution in [0.3, 0.4) is 0 Å². The van der Waals surface area contributed by atoms with E-state index in [1.807, 2.05) is 50.2 Å². The lowest BCUT2D eigenvalue weighted by atomic mass is 10.0. The van der Waals surface area contributed by atoms with E-state index in [9.17, 15) is 9.59 Å². The first-order valence-electron chi connectivity index (χ1n) is 9.84. The highest BCUT2D eigenvalue weighted by Gasteiger charge is 2.34. The third-order valence-corrected chi connectivity index (χ3v) is 5.88. The Hall–Kier alpha value is -3.07. The molecule has 3 heterocycles. The van der Waals surface area contributed by atoms with Crippen LogP contribution in [0.1, 0.15) is 42.7 Å². The van der Waals surface area contributed by atoms with Gasteiger partial charge >= 0.3 is 5.69 Å². The summed E-state index contributed by atoms with van der Waals surface area (Å²) in [6, 6.07) is 11.5. The SMILES string of the molecule is CCCn1c(SCC(=O)N2N=C(c3ccc(C)cc3)CC2c2ccco2)n[nH]c1=O. The van der Waals surface area contributed by atoms with Crippen LogP contribution in [0.15, 0.2) is 62.1 Å². The number of thioether (sulfide) groups is 1. The second-order valence-electron chi connectivity index (χ2n) is 7.14. The number of carbonyl (C=O) groups is 1. The van der Waals surface area contributed by atoms with Gasteiger partial charge in [-0.2, -0.15) is 5.10 Å². The van der Waals surface area contributed by atoms with Gasteiger partial charge in [0.15, 0.2) is 5.16 Å². The fraction of sp³-hybridized carbons (Fsp3) is 0.333. The predicted molar refractivity (Wildman–Crippen MR) is 114 cm³/mol. The van der Waals surface area contributed by atoms with Gasteiger partial charge < -0.3 is 4.42 Å². The number of benzene rings is 1. The lowest BCUT2D eigenvalue weighted by Crippen LogP contribution is -2.28. The smallest absolute Gasteiger partial charge is 0.343 e. The average Bonchev–Trinajstić information content (AvgIpc) is 3.48. The summed E-state index contributed by atoms with van der Waals surface area (Å²) in [5.74, 6) is 0.652. The Labute approximate surface area is 178 Å². The van der Waals surface area contributed by atoms with E-state index < -0.39 is 0 Å². The van der Waals surface area contributed by atoms with Crippen LogP contribution in [0, 0.1) is 6.92 Å². The molecule has 3 aromatic rings. The number of nitrogens with one attached hydrogen (secondary N) is 1. The monoisotopic (exact) mass is 425 g/mol. The molecule has 30 heavy (non-hydrogen) atoms. The number of H-pyrrole nitrogens is 1. The van der Waals surface area contributed by atoms with Gasteiger partial charge in [-0.25, -0.2) is 14.9 Å². The predicted octanol–water partition coefficient (Wildman–Crippen LogP) is 3.35. The number of hydrazone groups is 1. The van der Waals surface area contributed by atoms with E-state index >= 15 is 0 Å². The summed E-state index contributed by atoms with van der Waals surface area (Å²) in [6.07, 6.45) is 2.98. The quantitative estimate of drug-likeness (QED) is 0.586. The van der Waals surface area contributed by atoms with Crippen LogP contribution in [-0.4, -0.2) is 37.1 Å². The Kier molecular flexibility index (Phi) is 5.89. The molecule has 1 amide bonds. The molecule has 0 saturated carbocycles. The number of furan rings is 1. The molecule has 2 aromatic heterocycles. The van der Waals surface area contributed by atoms with Crippen LogP contribution in [0.5, 0.6) is 0 Å². The summed E-state index contributed by atoms with van der Waals surface area (Å²) in [5, 5.41) is 13.1. The van der Waals surface area contributed by atoms with Gasteiger partial charge in [0.05, 0.1) is 17.7 Å². The molecule has 0 spiro atoms. The van der Waals surface area contributed by atoms with Crippen LogP contribution < -0.4 is 5.69 Å². The van der Waals surface area contributed by atoms with Crippen LogP contribution in [-0.2, 0) is 11.3 Å². The summed E-state index contributed by atoms with van der Waals surface area (Å²) >= 11 is 1.23. The Morgan fingerprint density at radius 2 is 2.10 bits per heavy atom. The number of aryl methyl sites for hydroxylation is 1. The van der Waals surface area contributed by atoms with Crippen LogP contribution in [0.25, 0.3) is 0 Å². The van der Waals surface area contributed by atoms with Crippen molar-refractivity contribution in [2.45, 2.75) is 44.4 Å². The lowest BCUT2D eigenvalue weighted by Gasteiger charge is -2.19. The minimum absolute atomic E-state index is 0.121. The molecular weight excluding hydrogens is 402 g/mol. The van der Waals surface area contributed by atoms with Crippen molar-refractivity contribution in [1.29, 1.82) is 0 Å². The Balaban J connectivity index is 1.55. The third-order valence-electron chi connectivity index (χ3n) is 4.92. The number of nitrogens with zero attached hydrogens (tertiary/aromatic N) is 4. The van der Waals surface area contributed by atoms with Crippen molar-refractivity contribution in [3.05, 3.63) is 70.0 Å². The van der Waals surface area contributed by atoms with Crippen molar-refractivity contribution >= 4 is 23.4 Å². The van der Waals surface area contributed by atoms with Crippen molar-refractivity contribution in [2.75, 3.05) is 5.75 Å². The van der Waals surface area contributed by atoms with Gasteiger partial charge in [0.25, 0.3) is 5.91 Å². The first-order chi connectivity index (χ1) is 14.6. The molecule has 1 aliphatic heterocycles. The lowest BCUT2D eigenvalue weighted by molar-refractivity contribution is -0.130. The number of aromatic amines is 1. The third kappa shape index (κ3) is 4.11. The molecule has 0 aliphatic carbocycles. The Morgan fingerprint density at radius 1 is 1.30 bits per heavy atom. The maximum absolute atomic E-state index is 13.1. The summed E-state index contributed by atoms with van der Waals surface area (Å²) in [6.45, 7) is 4.57. The molecule has 0 saturated heterocycles. The molecule has 8 nitrogen and oxygen atoms in total. The molecule has 1 atom stereocenters.